The van der Waals surface area contributed by atoms with Crippen LogP contribution >= 0.6 is 0 Å². The van der Waals surface area contributed by atoms with Gasteiger partial charge in [0.05, 0.1) is 12.2 Å². The second-order valence-corrected chi connectivity index (χ2v) is 12.0. The molecule has 0 amide bonds. The van der Waals surface area contributed by atoms with Crippen molar-refractivity contribution in [1.82, 2.24) is 4.72 Å². The molecule has 3 fully saturated rings. The van der Waals surface area contributed by atoms with Crippen LogP contribution in [0.1, 0.15) is 90.9 Å². The lowest BCUT2D eigenvalue weighted by Gasteiger charge is -2.44. The van der Waals surface area contributed by atoms with Gasteiger partial charge in [-0.15, -0.1) is 4.72 Å². The van der Waals surface area contributed by atoms with Crippen LogP contribution in [0.5, 0.6) is 0 Å². The van der Waals surface area contributed by atoms with Crippen LogP contribution in [0.2, 0.25) is 0 Å². The fourth-order valence-electron chi connectivity index (χ4n) is 6.93. The quantitative estimate of drug-likeness (QED) is 0.339. The van der Waals surface area contributed by atoms with Gasteiger partial charge in [0.15, 0.2) is 0 Å². The molecule has 0 saturated heterocycles. The summed E-state index contributed by atoms with van der Waals surface area (Å²) >= 11 is -0.887. The van der Waals surface area contributed by atoms with E-state index in [-0.39, 0.29) is 12.2 Å². The standard InChI is InChI=1S/C26H45NO3S/c1-19(8-5-4-6-15-27-31(3)30)24-12-13-25-21(9-7-14-26(24,25)2)11-10-20-16-22(28)18-23(29)17-20/h10-11,19,22-25,27-29H,4-9,12-18H2,1-3H3/b21-11+/t19-,22-,23-,24-,25+,26-,31?/m1/s1. The average Bonchev–Trinajstić information content (AvgIpc) is 3.05. The maximum absolute atomic E-state index is 11.1. The first-order valence-electron chi connectivity index (χ1n) is 12.6. The van der Waals surface area contributed by atoms with Crippen molar-refractivity contribution in [1.29, 1.82) is 0 Å². The number of aliphatic hydroxyl groups is 2. The minimum Gasteiger partial charge on any atom is -0.598 e. The Morgan fingerprint density at radius 2 is 1.90 bits per heavy atom. The summed E-state index contributed by atoms with van der Waals surface area (Å²) in [5, 5.41) is 20.0. The monoisotopic (exact) mass is 451 g/mol. The summed E-state index contributed by atoms with van der Waals surface area (Å²) in [6, 6.07) is 0. The van der Waals surface area contributed by atoms with Gasteiger partial charge >= 0.3 is 0 Å². The van der Waals surface area contributed by atoms with E-state index in [1.165, 1.54) is 56.9 Å². The van der Waals surface area contributed by atoms with Gasteiger partial charge in [-0.25, -0.2) is 0 Å². The molecule has 3 aliphatic carbocycles. The van der Waals surface area contributed by atoms with E-state index in [0.717, 1.165) is 24.8 Å². The number of hydrogen-bond donors (Lipinski definition) is 3. The lowest BCUT2D eigenvalue weighted by atomic mass is 9.60. The van der Waals surface area contributed by atoms with Crippen molar-refractivity contribution in [3.63, 3.8) is 0 Å². The minimum atomic E-state index is -0.887. The SMILES string of the molecule is C[C@H](CCCCCN[S+](C)[O-])[C@H]1CC[C@H]2/C(=C/C=C3C[C@@H](O)C[C@H](O)C3)CCC[C@]12C. The highest BCUT2D eigenvalue weighted by Crippen LogP contribution is 2.59. The number of allylic oxidation sites excluding steroid dienone is 3. The molecule has 3 aliphatic rings. The van der Waals surface area contributed by atoms with E-state index in [9.17, 15) is 14.8 Å². The highest BCUT2D eigenvalue weighted by atomic mass is 32.2. The number of hydrogen-bond acceptors (Lipinski definition) is 4. The number of rotatable bonds is 9. The van der Waals surface area contributed by atoms with Crippen molar-refractivity contribution in [3.05, 3.63) is 23.3 Å². The fraction of sp³-hybridized carbons (Fsp3) is 0.846. The lowest BCUT2D eigenvalue weighted by Crippen LogP contribution is -2.36. The van der Waals surface area contributed by atoms with Crippen molar-refractivity contribution < 1.29 is 14.8 Å². The van der Waals surface area contributed by atoms with Crippen LogP contribution in [0.15, 0.2) is 23.3 Å². The van der Waals surface area contributed by atoms with E-state index < -0.39 is 11.4 Å². The molecule has 178 valence electrons. The van der Waals surface area contributed by atoms with Gasteiger partial charge in [0, 0.05) is 17.9 Å². The third-order valence-corrected chi connectivity index (χ3v) is 9.05. The van der Waals surface area contributed by atoms with Crippen molar-refractivity contribution in [2.45, 2.75) is 103 Å². The minimum absolute atomic E-state index is 0.387. The third kappa shape index (κ3) is 6.83. The molecule has 3 N–H and O–H groups in total. The van der Waals surface area contributed by atoms with E-state index in [2.05, 4.69) is 30.7 Å². The molecule has 3 rings (SSSR count). The van der Waals surface area contributed by atoms with Gasteiger partial charge in [-0.2, -0.15) is 0 Å². The zero-order chi connectivity index (χ0) is 22.4. The van der Waals surface area contributed by atoms with Crippen molar-refractivity contribution >= 4 is 11.4 Å². The maximum atomic E-state index is 11.1. The van der Waals surface area contributed by atoms with Crippen LogP contribution in [0, 0.1) is 23.2 Å². The molecule has 1 unspecified atom stereocenters. The van der Waals surface area contributed by atoms with Gasteiger partial charge in [-0.3, -0.25) is 0 Å². The number of aliphatic hydroxyl groups excluding tert-OH is 2. The summed E-state index contributed by atoms with van der Waals surface area (Å²) < 4.78 is 14.1. The molecule has 0 bridgehead atoms. The van der Waals surface area contributed by atoms with E-state index in [4.69, 9.17) is 0 Å². The Kier molecular flexibility index (Phi) is 9.54. The van der Waals surface area contributed by atoms with Crippen LogP contribution in [0.25, 0.3) is 0 Å². The lowest BCUT2D eigenvalue weighted by molar-refractivity contribution is 0.0609. The van der Waals surface area contributed by atoms with E-state index >= 15 is 0 Å². The van der Waals surface area contributed by atoms with Crippen molar-refractivity contribution in [2.75, 3.05) is 12.8 Å². The first kappa shape index (κ1) is 25.3. The number of fused-ring (bicyclic) bond motifs is 1. The summed E-state index contributed by atoms with van der Waals surface area (Å²) in [5.41, 5.74) is 3.24. The van der Waals surface area contributed by atoms with Gasteiger partial charge in [0.2, 0.25) is 0 Å². The molecule has 0 aromatic rings. The van der Waals surface area contributed by atoms with Crippen LogP contribution in [-0.2, 0) is 11.4 Å². The molecule has 0 spiro atoms. The maximum Gasteiger partial charge on any atom is 0.115 e. The Balaban J connectivity index is 1.55. The van der Waals surface area contributed by atoms with Crippen LogP contribution in [0.3, 0.4) is 0 Å². The normalized spacial score (nSPS) is 37.0. The fourth-order valence-corrected chi connectivity index (χ4v) is 7.36. The van der Waals surface area contributed by atoms with E-state index in [1.807, 2.05) is 0 Å². The largest absolute Gasteiger partial charge is 0.598 e. The van der Waals surface area contributed by atoms with Crippen LogP contribution < -0.4 is 4.72 Å². The highest BCUT2D eigenvalue weighted by Gasteiger charge is 2.50. The third-order valence-electron chi connectivity index (χ3n) is 8.44. The van der Waals surface area contributed by atoms with Crippen molar-refractivity contribution in [3.8, 4) is 0 Å². The molecular weight excluding hydrogens is 406 g/mol. The Morgan fingerprint density at radius 1 is 1.16 bits per heavy atom. The first-order chi connectivity index (χ1) is 14.8. The van der Waals surface area contributed by atoms with Gasteiger partial charge < -0.3 is 14.8 Å². The topological polar surface area (TPSA) is 75.5 Å². The van der Waals surface area contributed by atoms with E-state index in [1.54, 1.807) is 11.8 Å². The second-order valence-electron chi connectivity index (χ2n) is 10.8. The summed E-state index contributed by atoms with van der Waals surface area (Å²) in [6.45, 7) is 5.89. The van der Waals surface area contributed by atoms with Crippen LogP contribution in [-0.4, -0.2) is 39.8 Å². The van der Waals surface area contributed by atoms with Gasteiger partial charge in [-0.1, -0.05) is 56.4 Å². The molecule has 4 nitrogen and oxygen atoms in total. The summed E-state index contributed by atoms with van der Waals surface area (Å²) in [5.74, 6) is 2.28. The molecule has 5 heteroatoms. The Bertz CT molecular complexity index is 622. The van der Waals surface area contributed by atoms with E-state index in [0.29, 0.717) is 30.6 Å². The molecule has 0 aromatic heterocycles. The zero-order valence-electron chi connectivity index (χ0n) is 19.9. The molecule has 0 aromatic carbocycles. The predicted octanol–water partition coefficient (Wildman–Crippen LogP) is 5.04. The smallest absolute Gasteiger partial charge is 0.115 e. The first-order valence-corrected chi connectivity index (χ1v) is 14.2. The number of unbranched alkanes of at least 4 members (excludes halogenated alkanes) is 2. The van der Waals surface area contributed by atoms with Gasteiger partial charge in [0.1, 0.15) is 6.26 Å². The predicted molar refractivity (Wildman–Crippen MR) is 130 cm³/mol. The molecule has 3 saturated carbocycles. The molecule has 7 atom stereocenters. The summed E-state index contributed by atoms with van der Waals surface area (Å²) in [6.07, 6.45) is 18.9. The highest BCUT2D eigenvalue weighted by molar-refractivity contribution is 7.88. The summed E-state index contributed by atoms with van der Waals surface area (Å²) in [4.78, 5) is 0. The Morgan fingerprint density at radius 3 is 2.61 bits per heavy atom. The Labute approximate surface area is 193 Å². The number of nitrogens with one attached hydrogen (secondary N) is 1. The molecule has 31 heavy (non-hydrogen) atoms. The molecule has 0 heterocycles. The van der Waals surface area contributed by atoms with Crippen LogP contribution in [0.4, 0.5) is 0 Å². The molecule has 0 radical (unpaired) electrons. The summed E-state index contributed by atoms with van der Waals surface area (Å²) in [7, 11) is 0. The Hall–Kier alpha value is -0.330. The average molecular weight is 452 g/mol. The second kappa shape index (κ2) is 11.7. The van der Waals surface area contributed by atoms with Gasteiger partial charge in [0.25, 0.3) is 0 Å². The molecular formula is C26H45NO3S. The van der Waals surface area contributed by atoms with Gasteiger partial charge in [-0.05, 0) is 81.0 Å². The van der Waals surface area contributed by atoms with Crippen molar-refractivity contribution in [2.24, 2.45) is 23.2 Å². The molecule has 0 aliphatic heterocycles. The zero-order valence-corrected chi connectivity index (χ0v) is 20.8.